The summed E-state index contributed by atoms with van der Waals surface area (Å²) in [5.41, 5.74) is 2.38. The number of benzene rings is 2. The van der Waals surface area contributed by atoms with Crippen molar-refractivity contribution >= 4 is 11.8 Å². The van der Waals surface area contributed by atoms with Crippen LogP contribution in [0.15, 0.2) is 79.0 Å². The number of ether oxygens (including phenoxy) is 1. The molecule has 0 radical (unpaired) electrons. The van der Waals surface area contributed by atoms with E-state index in [1.165, 1.54) is 4.90 Å². The number of rotatable bonds is 5. The molecule has 1 aliphatic heterocycles. The van der Waals surface area contributed by atoms with Crippen LogP contribution in [0.4, 0.5) is 0 Å². The van der Waals surface area contributed by atoms with Crippen molar-refractivity contribution in [2.45, 2.75) is 12.0 Å². The molecule has 1 saturated heterocycles. The minimum Gasteiger partial charge on any atom is -0.361 e. The number of aromatic nitrogens is 1. The Morgan fingerprint density at radius 2 is 1.75 bits per heavy atom. The van der Waals surface area contributed by atoms with Gasteiger partial charge in [-0.1, -0.05) is 60.7 Å². The molecule has 32 heavy (non-hydrogen) atoms. The van der Waals surface area contributed by atoms with E-state index in [0.29, 0.717) is 18.7 Å². The van der Waals surface area contributed by atoms with E-state index < -0.39 is 5.60 Å². The van der Waals surface area contributed by atoms with Crippen molar-refractivity contribution in [3.63, 3.8) is 0 Å². The van der Waals surface area contributed by atoms with Crippen LogP contribution in [0.2, 0.25) is 0 Å². The van der Waals surface area contributed by atoms with Crippen LogP contribution in [-0.4, -0.2) is 66.0 Å². The second kappa shape index (κ2) is 9.32. The first-order valence-corrected chi connectivity index (χ1v) is 10.7. The summed E-state index contributed by atoms with van der Waals surface area (Å²) in [4.78, 5) is 33.8. The molecule has 2 aromatic carbocycles. The van der Waals surface area contributed by atoms with Crippen molar-refractivity contribution < 1.29 is 14.3 Å². The number of carbonyl (C=O) groups is 2. The molecule has 6 nitrogen and oxygen atoms in total. The summed E-state index contributed by atoms with van der Waals surface area (Å²) < 4.78 is 6.15. The Morgan fingerprint density at radius 1 is 1.00 bits per heavy atom. The summed E-state index contributed by atoms with van der Waals surface area (Å²) in [5.74, 6) is -0.344. The highest BCUT2D eigenvalue weighted by atomic mass is 16.5. The summed E-state index contributed by atoms with van der Waals surface area (Å²) in [6, 6.07) is 23.5. The number of nitrogens with zero attached hydrogens (tertiary/aromatic N) is 3. The fraction of sp³-hybridized carbons (Fsp3) is 0.269. The zero-order chi connectivity index (χ0) is 22.6. The lowest BCUT2D eigenvalue weighted by Crippen LogP contribution is -2.61. The molecule has 1 fully saturated rings. The third kappa shape index (κ3) is 4.55. The van der Waals surface area contributed by atoms with Crippen LogP contribution in [0.3, 0.4) is 0 Å². The van der Waals surface area contributed by atoms with Gasteiger partial charge in [0.1, 0.15) is 5.69 Å². The maximum atomic E-state index is 13.3. The van der Waals surface area contributed by atoms with Gasteiger partial charge >= 0.3 is 0 Å². The zero-order valence-electron chi connectivity index (χ0n) is 18.4. The Hall–Kier alpha value is -3.51. The molecule has 0 bridgehead atoms. The molecule has 2 amide bonds. The van der Waals surface area contributed by atoms with Crippen molar-refractivity contribution in [2.24, 2.45) is 0 Å². The lowest BCUT2D eigenvalue weighted by Gasteiger charge is -2.42. The average Bonchev–Trinajstić information content (AvgIpc) is 2.84. The molecular weight excluding hydrogens is 402 g/mol. The highest BCUT2D eigenvalue weighted by molar-refractivity contribution is 5.93. The molecule has 4 rings (SSSR count). The van der Waals surface area contributed by atoms with E-state index in [4.69, 9.17) is 4.74 Å². The first kappa shape index (κ1) is 21.7. The molecule has 0 N–H and O–H groups in total. The second-order valence-corrected chi connectivity index (χ2v) is 8.23. The van der Waals surface area contributed by atoms with Gasteiger partial charge in [-0.15, -0.1) is 0 Å². The highest BCUT2D eigenvalue weighted by Crippen LogP contribution is 2.28. The van der Waals surface area contributed by atoms with Crippen molar-refractivity contribution in [2.75, 3.05) is 33.8 Å². The van der Waals surface area contributed by atoms with Gasteiger partial charge < -0.3 is 14.5 Å². The van der Waals surface area contributed by atoms with Gasteiger partial charge in [0.15, 0.2) is 5.60 Å². The smallest absolute Gasteiger partial charge is 0.272 e. The van der Waals surface area contributed by atoms with E-state index in [-0.39, 0.29) is 25.0 Å². The van der Waals surface area contributed by atoms with Crippen molar-refractivity contribution in [3.8, 4) is 11.1 Å². The molecule has 164 valence electrons. The quantitative estimate of drug-likeness (QED) is 0.624. The number of hydrogen-bond donors (Lipinski definition) is 0. The van der Waals surface area contributed by atoms with E-state index in [1.54, 1.807) is 43.4 Å². The molecule has 0 aliphatic carbocycles. The Morgan fingerprint density at radius 3 is 2.47 bits per heavy atom. The molecule has 0 spiro atoms. The third-order valence-electron chi connectivity index (χ3n) is 5.68. The van der Waals surface area contributed by atoms with Crippen LogP contribution in [0.1, 0.15) is 16.1 Å². The molecule has 3 aromatic rings. The lowest BCUT2D eigenvalue weighted by atomic mass is 9.89. The fourth-order valence-electron chi connectivity index (χ4n) is 4.15. The van der Waals surface area contributed by atoms with E-state index >= 15 is 0 Å². The van der Waals surface area contributed by atoms with Gasteiger partial charge in [-0.25, -0.2) is 0 Å². The lowest BCUT2D eigenvalue weighted by molar-refractivity contribution is -0.165. The minimum absolute atomic E-state index is 0.152. The number of pyridine rings is 1. The van der Waals surface area contributed by atoms with Gasteiger partial charge in [-0.05, 0) is 28.8 Å². The fourth-order valence-corrected chi connectivity index (χ4v) is 4.15. The Balaban J connectivity index is 1.64. The largest absolute Gasteiger partial charge is 0.361 e. The van der Waals surface area contributed by atoms with E-state index in [1.807, 2.05) is 30.3 Å². The summed E-state index contributed by atoms with van der Waals surface area (Å²) in [6.45, 7) is 0.882. The van der Waals surface area contributed by atoms with Crippen molar-refractivity contribution in [1.82, 2.24) is 14.8 Å². The predicted octanol–water partition coefficient (Wildman–Crippen LogP) is 3.29. The predicted molar refractivity (Wildman–Crippen MR) is 123 cm³/mol. The average molecular weight is 430 g/mol. The van der Waals surface area contributed by atoms with Crippen LogP contribution in [0.5, 0.6) is 0 Å². The number of morpholine rings is 1. The van der Waals surface area contributed by atoms with Gasteiger partial charge in [0, 0.05) is 33.3 Å². The van der Waals surface area contributed by atoms with E-state index in [0.717, 1.165) is 16.7 Å². The van der Waals surface area contributed by atoms with Crippen LogP contribution in [0, 0.1) is 0 Å². The van der Waals surface area contributed by atoms with E-state index in [2.05, 4.69) is 29.2 Å². The van der Waals surface area contributed by atoms with Crippen LogP contribution in [0.25, 0.3) is 11.1 Å². The molecule has 2 heterocycles. The molecule has 1 aliphatic rings. The van der Waals surface area contributed by atoms with Crippen molar-refractivity contribution in [1.29, 1.82) is 0 Å². The maximum absolute atomic E-state index is 13.3. The van der Waals surface area contributed by atoms with E-state index in [9.17, 15) is 9.59 Å². The number of hydrogen-bond acceptors (Lipinski definition) is 4. The number of likely N-dealkylation sites (N-methyl/N-ethyl adjacent to an activating group) is 1. The van der Waals surface area contributed by atoms with Gasteiger partial charge in [-0.3, -0.25) is 14.6 Å². The Kier molecular flexibility index (Phi) is 6.32. The summed E-state index contributed by atoms with van der Waals surface area (Å²) in [6.07, 6.45) is 1.97. The Bertz CT molecular complexity index is 1090. The van der Waals surface area contributed by atoms with Gasteiger partial charge in [-0.2, -0.15) is 0 Å². The van der Waals surface area contributed by atoms with Crippen LogP contribution < -0.4 is 0 Å². The number of amides is 2. The minimum atomic E-state index is -1.15. The SMILES string of the molecule is CN(C)C(=O)[C@@]1(Cc2cccc(-c3ccccc3)c2)CN(C(=O)c2ccccn2)CCO1. The third-order valence-corrected chi connectivity index (χ3v) is 5.68. The number of carbonyl (C=O) groups excluding carboxylic acids is 2. The normalized spacial score (nSPS) is 18.2. The maximum Gasteiger partial charge on any atom is 0.272 e. The van der Waals surface area contributed by atoms with Gasteiger partial charge in [0.05, 0.1) is 13.2 Å². The van der Waals surface area contributed by atoms with Gasteiger partial charge in [0.2, 0.25) is 0 Å². The van der Waals surface area contributed by atoms with Crippen LogP contribution in [-0.2, 0) is 16.0 Å². The summed E-state index contributed by atoms with van der Waals surface area (Å²) in [5, 5.41) is 0. The molecule has 1 aromatic heterocycles. The first-order valence-electron chi connectivity index (χ1n) is 10.7. The first-order chi connectivity index (χ1) is 15.5. The standard InChI is InChI=1S/C26H27N3O3/c1-28(2)25(31)26(18-20-9-8-12-22(17-20)21-10-4-3-5-11-21)19-29(15-16-32-26)24(30)23-13-6-7-14-27-23/h3-14,17H,15-16,18-19H2,1-2H3/t26-/m1/s1. The molecule has 1 atom stereocenters. The molecule has 6 heteroatoms. The highest BCUT2D eigenvalue weighted by Gasteiger charge is 2.46. The molecular formula is C26H27N3O3. The topological polar surface area (TPSA) is 62.7 Å². The van der Waals surface area contributed by atoms with Crippen LogP contribution >= 0.6 is 0 Å². The van der Waals surface area contributed by atoms with Gasteiger partial charge in [0.25, 0.3) is 11.8 Å². The molecule has 0 saturated carbocycles. The second-order valence-electron chi connectivity index (χ2n) is 8.23. The van der Waals surface area contributed by atoms with Crippen molar-refractivity contribution in [3.05, 3.63) is 90.3 Å². The summed E-state index contributed by atoms with van der Waals surface area (Å²) in [7, 11) is 3.43. The monoisotopic (exact) mass is 429 g/mol. The molecule has 0 unspecified atom stereocenters. The summed E-state index contributed by atoms with van der Waals surface area (Å²) >= 11 is 0. The Labute approximate surface area is 188 Å². The zero-order valence-corrected chi connectivity index (χ0v) is 18.4.